The van der Waals surface area contributed by atoms with Crippen molar-refractivity contribution in [1.82, 2.24) is 10.3 Å². The lowest BCUT2D eigenvalue weighted by Crippen LogP contribution is -2.23. The van der Waals surface area contributed by atoms with Crippen LogP contribution < -0.4 is 10.1 Å². The predicted molar refractivity (Wildman–Crippen MR) is 111 cm³/mol. The Kier molecular flexibility index (Phi) is 6.89. The summed E-state index contributed by atoms with van der Waals surface area (Å²) in [6.07, 6.45) is 1.69. The first-order chi connectivity index (χ1) is 15.0. The second-order valence-corrected chi connectivity index (χ2v) is 6.45. The Morgan fingerprint density at radius 2 is 1.81 bits per heavy atom. The average molecular weight is 421 g/mol. The standard InChI is InChI=1S/C22H19N3O6/c1-30-22(27)17-10-16(11-19(12-17)25(28)29)21(26)24-13-15-5-7-20(8-6-15)31-14-18-4-2-3-9-23-18/h2-12H,13-14H2,1H3,(H,24,26). The number of esters is 1. The predicted octanol–water partition coefficient (Wildman–Crippen LogP) is 3.29. The molecule has 0 saturated heterocycles. The second-order valence-electron chi connectivity index (χ2n) is 6.45. The number of hydrogen-bond acceptors (Lipinski definition) is 7. The zero-order valence-electron chi connectivity index (χ0n) is 16.6. The van der Waals surface area contributed by atoms with Crippen LogP contribution >= 0.6 is 0 Å². The fraction of sp³-hybridized carbons (Fsp3) is 0.136. The number of aromatic nitrogens is 1. The molecule has 0 aliphatic rings. The van der Waals surface area contributed by atoms with Crippen LogP contribution in [0.1, 0.15) is 32.0 Å². The fourth-order valence-electron chi connectivity index (χ4n) is 2.71. The monoisotopic (exact) mass is 421 g/mol. The molecular formula is C22H19N3O6. The molecule has 0 bridgehead atoms. The number of benzene rings is 2. The van der Waals surface area contributed by atoms with Gasteiger partial charge in [0, 0.05) is 30.4 Å². The Hall–Kier alpha value is -4.27. The van der Waals surface area contributed by atoms with Crippen molar-refractivity contribution in [3.63, 3.8) is 0 Å². The average Bonchev–Trinajstić information content (AvgIpc) is 2.81. The Bertz CT molecular complexity index is 1080. The molecule has 31 heavy (non-hydrogen) atoms. The van der Waals surface area contributed by atoms with Gasteiger partial charge >= 0.3 is 5.97 Å². The number of nitrogens with one attached hydrogen (secondary N) is 1. The minimum Gasteiger partial charge on any atom is -0.487 e. The van der Waals surface area contributed by atoms with Gasteiger partial charge in [-0.3, -0.25) is 19.9 Å². The summed E-state index contributed by atoms with van der Waals surface area (Å²) >= 11 is 0. The van der Waals surface area contributed by atoms with Gasteiger partial charge in [-0.25, -0.2) is 4.79 Å². The Morgan fingerprint density at radius 1 is 1.06 bits per heavy atom. The molecule has 1 aromatic heterocycles. The van der Waals surface area contributed by atoms with E-state index in [9.17, 15) is 19.7 Å². The molecule has 0 aliphatic carbocycles. The quantitative estimate of drug-likeness (QED) is 0.337. The maximum absolute atomic E-state index is 12.5. The van der Waals surface area contributed by atoms with Gasteiger partial charge in [0.2, 0.25) is 0 Å². The number of hydrogen-bond donors (Lipinski definition) is 1. The van der Waals surface area contributed by atoms with Gasteiger partial charge in [-0.1, -0.05) is 18.2 Å². The Morgan fingerprint density at radius 3 is 2.45 bits per heavy atom. The van der Waals surface area contributed by atoms with Gasteiger partial charge in [-0.05, 0) is 35.9 Å². The van der Waals surface area contributed by atoms with Crippen LogP contribution in [0.15, 0.2) is 66.9 Å². The summed E-state index contributed by atoms with van der Waals surface area (Å²) in [6.45, 7) is 0.530. The number of methoxy groups -OCH3 is 1. The van der Waals surface area contributed by atoms with Gasteiger partial charge in [0.1, 0.15) is 12.4 Å². The molecule has 0 radical (unpaired) electrons. The van der Waals surface area contributed by atoms with Crippen LogP contribution in [0, 0.1) is 10.1 Å². The molecule has 0 aliphatic heterocycles. The number of nitrogens with zero attached hydrogens (tertiary/aromatic N) is 2. The zero-order chi connectivity index (χ0) is 22.2. The van der Waals surface area contributed by atoms with E-state index in [-0.39, 0.29) is 23.4 Å². The number of ether oxygens (including phenoxy) is 2. The zero-order valence-corrected chi connectivity index (χ0v) is 16.6. The minimum absolute atomic E-state index is 0.00934. The number of carbonyl (C=O) groups is 2. The van der Waals surface area contributed by atoms with Gasteiger partial charge in [0.15, 0.2) is 0 Å². The summed E-state index contributed by atoms with van der Waals surface area (Å²) in [5.74, 6) is -0.662. The third kappa shape index (κ3) is 5.86. The summed E-state index contributed by atoms with van der Waals surface area (Å²) < 4.78 is 10.3. The fourth-order valence-corrected chi connectivity index (χ4v) is 2.71. The molecular weight excluding hydrogens is 402 g/mol. The lowest BCUT2D eigenvalue weighted by molar-refractivity contribution is -0.384. The first kappa shape index (κ1) is 21.4. The molecule has 3 rings (SSSR count). The van der Waals surface area contributed by atoms with Crippen molar-refractivity contribution in [1.29, 1.82) is 0 Å². The summed E-state index contributed by atoms with van der Waals surface area (Å²) in [5.41, 5.74) is 1.16. The number of nitro groups is 1. The third-order valence-electron chi connectivity index (χ3n) is 4.30. The largest absolute Gasteiger partial charge is 0.487 e. The molecule has 0 spiro atoms. The molecule has 1 N–H and O–H groups in total. The first-order valence-corrected chi connectivity index (χ1v) is 9.24. The lowest BCUT2D eigenvalue weighted by atomic mass is 10.1. The van der Waals surface area contributed by atoms with E-state index in [1.165, 1.54) is 6.07 Å². The number of non-ortho nitro benzene ring substituents is 1. The van der Waals surface area contributed by atoms with Crippen molar-refractivity contribution in [3.05, 3.63) is 99.4 Å². The molecule has 9 heteroatoms. The molecule has 158 valence electrons. The molecule has 1 heterocycles. The van der Waals surface area contributed by atoms with Gasteiger partial charge in [-0.2, -0.15) is 0 Å². The van der Waals surface area contributed by atoms with E-state index in [0.29, 0.717) is 12.4 Å². The van der Waals surface area contributed by atoms with Crippen LogP contribution in [0.25, 0.3) is 0 Å². The van der Waals surface area contributed by atoms with E-state index in [0.717, 1.165) is 30.5 Å². The first-order valence-electron chi connectivity index (χ1n) is 9.24. The number of nitro benzene ring substituents is 1. The van der Waals surface area contributed by atoms with Crippen molar-refractivity contribution in [3.8, 4) is 5.75 Å². The van der Waals surface area contributed by atoms with Gasteiger partial charge in [0.05, 0.1) is 23.3 Å². The Labute approximate surface area is 177 Å². The van der Waals surface area contributed by atoms with E-state index in [1.807, 2.05) is 18.2 Å². The van der Waals surface area contributed by atoms with Crippen LogP contribution in [0.3, 0.4) is 0 Å². The highest BCUT2D eigenvalue weighted by Gasteiger charge is 2.18. The Balaban J connectivity index is 1.62. The number of pyridine rings is 1. The highest BCUT2D eigenvalue weighted by molar-refractivity contribution is 5.98. The van der Waals surface area contributed by atoms with E-state index in [4.69, 9.17) is 4.74 Å². The van der Waals surface area contributed by atoms with Gasteiger partial charge in [-0.15, -0.1) is 0 Å². The maximum atomic E-state index is 12.5. The van der Waals surface area contributed by atoms with Gasteiger partial charge in [0.25, 0.3) is 11.6 Å². The van der Waals surface area contributed by atoms with Crippen LogP contribution in [0.4, 0.5) is 5.69 Å². The molecule has 9 nitrogen and oxygen atoms in total. The lowest BCUT2D eigenvalue weighted by Gasteiger charge is -2.09. The molecule has 0 saturated carbocycles. The van der Waals surface area contributed by atoms with Gasteiger partial charge < -0.3 is 14.8 Å². The molecule has 3 aromatic rings. The smallest absolute Gasteiger partial charge is 0.338 e. The number of carbonyl (C=O) groups excluding carboxylic acids is 2. The third-order valence-corrected chi connectivity index (χ3v) is 4.30. The molecule has 0 unspecified atom stereocenters. The van der Waals surface area contributed by atoms with Crippen molar-refractivity contribution in [2.24, 2.45) is 0 Å². The van der Waals surface area contributed by atoms with Crippen molar-refractivity contribution in [2.45, 2.75) is 13.2 Å². The normalized spacial score (nSPS) is 10.2. The van der Waals surface area contributed by atoms with E-state index >= 15 is 0 Å². The van der Waals surface area contributed by atoms with Crippen LogP contribution in [0.5, 0.6) is 5.75 Å². The SMILES string of the molecule is COC(=O)c1cc(C(=O)NCc2ccc(OCc3ccccn3)cc2)cc([N+](=O)[O-])c1. The summed E-state index contributed by atoms with van der Waals surface area (Å²) in [7, 11) is 1.16. The van der Waals surface area contributed by atoms with Crippen LogP contribution in [0.2, 0.25) is 0 Å². The van der Waals surface area contributed by atoms with Crippen LogP contribution in [-0.2, 0) is 17.9 Å². The minimum atomic E-state index is -0.765. The highest BCUT2D eigenvalue weighted by atomic mass is 16.6. The van der Waals surface area contributed by atoms with E-state index < -0.39 is 16.8 Å². The molecule has 0 atom stereocenters. The number of rotatable bonds is 8. The van der Waals surface area contributed by atoms with E-state index in [1.54, 1.807) is 30.5 Å². The van der Waals surface area contributed by atoms with Crippen LogP contribution in [-0.4, -0.2) is 28.9 Å². The van der Waals surface area contributed by atoms with E-state index in [2.05, 4.69) is 15.0 Å². The number of amides is 1. The summed E-state index contributed by atoms with van der Waals surface area (Å²) in [5, 5.41) is 13.8. The highest BCUT2D eigenvalue weighted by Crippen LogP contribution is 2.19. The maximum Gasteiger partial charge on any atom is 0.338 e. The summed E-state index contributed by atoms with van der Waals surface area (Å²) in [6, 6.07) is 16.1. The van der Waals surface area contributed by atoms with Crippen molar-refractivity contribution in [2.75, 3.05) is 7.11 Å². The molecule has 1 amide bonds. The van der Waals surface area contributed by atoms with Crippen molar-refractivity contribution >= 4 is 17.6 Å². The second kappa shape index (κ2) is 9.97. The topological polar surface area (TPSA) is 121 Å². The van der Waals surface area contributed by atoms with Crippen molar-refractivity contribution < 1.29 is 24.0 Å². The molecule has 2 aromatic carbocycles. The molecule has 0 fully saturated rings. The summed E-state index contributed by atoms with van der Waals surface area (Å²) in [4.78, 5) is 38.8.